The number of alkyl halides is 3. The van der Waals surface area contributed by atoms with E-state index in [9.17, 15) is 22.8 Å². The monoisotopic (exact) mass is 265 g/mol. The van der Waals surface area contributed by atoms with Crippen molar-refractivity contribution in [1.29, 1.82) is 0 Å². The first kappa shape index (κ1) is 13.2. The van der Waals surface area contributed by atoms with Crippen molar-refractivity contribution in [2.75, 3.05) is 20.1 Å². The molecule has 0 aromatic heterocycles. The van der Waals surface area contributed by atoms with E-state index in [1.807, 2.05) is 0 Å². The quantitative estimate of drug-likeness (QED) is 0.644. The number of halogens is 3. The van der Waals surface area contributed by atoms with E-state index in [4.69, 9.17) is 9.31 Å². The van der Waals surface area contributed by atoms with Crippen LogP contribution in [0.15, 0.2) is 0 Å². The van der Waals surface area contributed by atoms with E-state index < -0.39 is 37.0 Å². The molecule has 2 atom stereocenters. The lowest BCUT2D eigenvalue weighted by Crippen LogP contribution is -2.43. The van der Waals surface area contributed by atoms with Crippen LogP contribution in [0.4, 0.5) is 13.2 Å². The molecule has 18 heavy (non-hydrogen) atoms. The fraction of sp³-hybridized carbons (Fsp3) is 0.778. The van der Waals surface area contributed by atoms with Crippen molar-refractivity contribution in [3.63, 3.8) is 0 Å². The van der Waals surface area contributed by atoms with Crippen LogP contribution < -0.4 is 0 Å². The maximum atomic E-state index is 12.4. The minimum atomic E-state index is -4.34. The lowest BCUT2D eigenvalue weighted by molar-refractivity contribution is -0.152. The zero-order valence-electron chi connectivity index (χ0n) is 9.57. The Morgan fingerprint density at radius 2 is 1.72 bits per heavy atom. The molecule has 2 unspecified atom stereocenters. The topological polar surface area (TPSA) is 55.8 Å². The molecular formula is C9H11BF3NO4. The molecule has 9 heteroatoms. The summed E-state index contributed by atoms with van der Waals surface area (Å²) < 4.78 is 46.7. The van der Waals surface area contributed by atoms with Crippen LogP contribution in [0.25, 0.3) is 0 Å². The van der Waals surface area contributed by atoms with Crippen molar-refractivity contribution < 1.29 is 32.1 Å². The lowest BCUT2D eigenvalue weighted by Gasteiger charge is -2.22. The van der Waals surface area contributed by atoms with Gasteiger partial charge in [0.05, 0.1) is 19.0 Å². The first-order chi connectivity index (χ1) is 8.27. The molecule has 0 N–H and O–H groups in total. The first-order valence-electron chi connectivity index (χ1n) is 5.41. The number of carbonyl (C=O) groups is 2. The van der Waals surface area contributed by atoms with Gasteiger partial charge in [0.15, 0.2) is 0 Å². The third kappa shape index (κ3) is 2.95. The number of carbonyl (C=O) groups excluding carboxylic acids is 2. The van der Waals surface area contributed by atoms with Gasteiger partial charge in [0.2, 0.25) is 0 Å². The lowest BCUT2D eigenvalue weighted by atomic mass is 9.80. The van der Waals surface area contributed by atoms with Crippen molar-refractivity contribution in [2.45, 2.75) is 18.4 Å². The predicted molar refractivity (Wildman–Crippen MR) is 53.3 cm³/mol. The Morgan fingerprint density at radius 3 is 2.11 bits per heavy atom. The Kier molecular flexibility index (Phi) is 3.26. The fourth-order valence-electron chi connectivity index (χ4n) is 1.92. The second-order valence-corrected chi connectivity index (χ2v) is 4.57. The fourth-order valence-corrected chi connectivity index (χ4v) is 1.92. The summed E-state index contributed by atoms with van der Waals surface area (Å²) in [5, 5.41) is 0. The number of nitrogens with zero attached hydrogens (tertiary/aromatic N) is 1. The summed E-state index contributed by atoms with van der Waals surface area (Å²) in [4.78, 5) is 24.0. The Hall–Kier alpha value is -1.25. The van der Waals surface area contributed by atoms with E-state index >= 15 is 0 Å². The summed E-state index contributed by atoms with van der Waals surface area (Å²) in [6, 6.07) is 0. The smallest absolute Gasteiger partial charge is 0.498 e. The normalized spacial score (nSPS) is 30.3. The summed E-state index contributed by atoms with van der Waals surface area (Å²) in [6.45, 7) is -0.288. The molecule has 100 valence electrons. The molecule has 2 aliphatic rings. The molecule has 1 aliphatic carbocycles. The highest BCUT2D eigenvalue weighted by Crippen LogP contribution is 2.56. The maximum absolute atomic E-state index is 12.4. The maximum Gasteiger partial charge on any atom is 0.602 e. The van der Waals surface area contributed by atoms with Crippen LogP contribution in [0.5, 0.6) is 0 Å². The molecule has 0 radical (unpaired) electrons. The molecule has 1 heterocycles. The Balaban J connectivity index is 2.00. The van der Waals surface area contributed by atoms with Crippen LogP contribution in [-0.4, -0.2) is 50.3 Å². The van der Waals surface area contributed by atoms with Crippen LogP contribution in [-0.2, 0) is 18.9 Å². The average Bonchev–Trinajstić information content (AvgIpc) is 2.91. The van der Waals surface area contributed by atoms with Gasteiger partial charge in [0.1, 0.15) is 0 Å². The van der Waals surface area contributed by atoms with Crippen molar-refractivity contribution in [1.82, 2.24) is 4.90 Å². The largest absolute Gasteiger partial charge is 0.602 e. The van der Waals surface area contributed by atoms with Gasteiger partial charge in [0, 0.05) is 5.82 Å². The van der Waals surface area contributed by atoms with Gasteiger partial charge in [0.25, 0.3) is 0 Å². The molecule has 0 spiro atoms. The Bertz CT molecular complexity index is 355. The van der Waals surface area contributed by atoms with Gasteiger partial charge >= 0.3 is 25.2 Å². The van der Waals surface area contributed by atoms with Gasteiger partial charge in [-0.05, 0) is 13.5 Å². The Morgan fingerprint density at radius 1 is 1.22 bits per heavy atom. The zero-order valence-corrected chi connectivity index (χ0v) is 9.57. The molecule has 1 saturated carbocycles. The third-order valence-corrected chi connectivity index (χ3v) is 2.90. The molecule has 1 saturated heterocycles. The third-order valence-electron chi connectivity index (χ3n) is 2.90. The molecule has 2 fully saturated rings. The van der Waals surface area contributed by atoms with E-state index in [1.54, 1.807) is 0 Å². The highest BCUT2D eigenvalue weighted by Gasteiger charge is 2.64. The van der Waals surface area contributed by atoms with Crippen LogP contribution in [0.2, 0.25) is 5.82 Å². The van der Waals surface area contributed by atoms with Crippen molar-refractivity contribution in [3.05, 3.63) is 0 Å². The number of hydrogen-bond donors (Lipinski definition) is 0. The summed E-state index contributed by atoms with van der Waals surface area (Å²) in [5.41, 5.74) is 0. The first-order valence-corrected chi connectivity index (χ1v) is 5.41. The molecule has 0 aromatic carbocycles. The van der Waals surface area contributed by atoms with Crippen molar-refractivity contribution in [3.8, 4) is 0 Å². The summed E-state index contributed by atoms with van der Waals surface area (Å²) in [6.07, 6.45) is -4.52. The standard InChI is InChI=1S/C9H11BF3NO4/c1-14-3-7(15)17-10(18-8(16)4-14)6-2-5(6)9(11,12)13/h5-6H,2-4H2,1H3. The molecule has 5 nitrogen and oxygen atoms in total. The highest BCUT2D eigenvalue weighted by atomic mass is 19.4. The number of rotatable bonds is 1. The SMILES string of the molecule is CN1CC(=O)OB(C2CC2C(F)(F)F)OC(=O)C1. The molecule has 1 aliphatic heterocycles. The van der Waals surface area contributed by atoms with Crippen LogP contribution in [0.1, 0.15) is 6.42 Å². The number of likely N-dealkylation sites (N-methyl/N-ethyl adjacent to an activating group) is 1. The summed E-state index contributed by atoms with van der Waals surface area (Å²) in [7, 11) is 0.101. The van der Waals surface area contributed by atoms with Gasteiger partial charge in [-0.3, -0.25) is 14.5 Å². The van der Waals surface area contributed by atoms with Crippen molar-refractivity contribution >= 4 is 19.1 Å². The van der Waals surface area contributed by atoms with E-state index in [0.717, 1.165) is 0 Å². The average molecular weight is 265 g/mol. The van der Waals surface area contributed by atoms with Crippen LogP contribution in [0, 0.1) is 5.92 Å². The van der Waals surface area contributed by atoms with E-state index in [1.165, 1.54) is 11.9 Å². The van der Waals surface area contributed by atoms with Crippen LogP contribution >= 0.6 is 0 Å². The van der Waals surface area contributed by atoms with Gasteiger partial charge in [-0.15, -0.1) is 0 Å². The van der Waals surface area contributed by atoms with E-state index in [0.29, 0.717) is 0 Å². The second kappa shape index (κ2) is 4.45. The zero-order chi connectivity index (χ0) is 13.5. The Labute approximate surface area is 101 Å². The molecular weight excluding hydrogens is 254 g/mol. The van der Waals surface area contributed by atoms with Gasteiger partial charge in [-0.25, -0.2) is 0 Å². The van der Waals surface area contributed by atoms with E-state index in [2.05, 4.69) is 0 Å². The van der Waals surface area contributed by atoms with Gasteiger partial charge in [-0.2, -0.15) is 13.2 Å². The minimum Gasteiger partial charge on any atom is -0.498 e. The molecule has 0 bridgehead atoms. The number of hydrogen-bond acceptors (Lipinski definition) is 5. The van der Waals surface area contributed by atoms with E-state index in [-0.39, 0.29) is 19.5 Å². The molecule has 0 amide bonds. The van der Waals surface area contributed by atoms with Crippen LogP contribution in [0.3, 0.4) is 0 Å². The molecule has 0 aromatic rings. The minimum absolute atomic E-state index is 0.144. The second-order valence-electron chi connectivity index (χ2n) is 4.57. The van der Waals surface area contributed by atoms with Gasteiger partial charge < -0.3 is 9.31 Å². The van der Waals surface area contributed by atoms with Crippen molar-refractivity contribution in [2.24, 2.45) is 5.92 Å². The summed E-state index contributed by atoms with van der Waals surface area (Å²) >= 11 is 0. The predicted octanol–water partition coefficient (Wildman–Crippen LogP) is 0.459. The summed E-state index contributed by atoms with van der Waals surface area (Å²) in [5.74, 6) is -3.91. The van der Waals surface area contributed by atoms with Gasteiger partial charge in [-0.1, -0.05) is 0 Å². The highest BCUT2D eigenvalue weighted by molar-refractivity contribution is 6.52. The molecule has 2 rings (SSSR count).